The zero-order valence-corrected chi connectivity index (χ0v) is 14.3. The van der Waals surface area contributed by atoms with E-state index in [1.54, 1.807) is 0 Å². The highest BCUT2D eigenvalue weighted by molar-refractivity contribution is 7.85. The average molecular weight is 342 g/mol. The summed E-state index contributed by atoms with van der Waals surface area (Å²) in [5.74, 6) is 1.36. The monoisotopic (exact) mass is 342 g/mol. The number of para-hydroxylation sites is 1. The predicted octanol–water partition coefficient (Wildman–Crippen LogP) is 4.58. The van der Waals surface area contributed by atoms with Gasteiger partial charge in [-0.2, -0.15) is 0 Å². The Kier molecular flexibility index (Phi) is 3.10. The summed E-state index contributed by atoms with van der Waals surface area (Å²) >= 11 is 0. The Labute approximate surface area is 146 Å². The van der Waals surface area contributed by atoms with Crippen molar-refractivity contribution in [2.45, 2.75) is 0 Å². The third kappa shape index (κ3) is 2.08. The van der Waals surface area contributed by atoms with Gasteiger partial charge in [0.15, 0.2) is 7.14 Å². The quantitative estimate of drug-likeness (QED) is 0.417. The van der Waals surface area contributed by atoms with E-state index in [1.807, 2.05) is 91.0 Å². The number of rotatable bonds is 1. The van der Waals surface area contributed by atoms with E-state index in [4.69, 9.17) is 4.74 Å². The number of benzene rings is 4. The Hall–Kier alpha value is -2.83. The highest BCUT2D eigenvalue weighted by Gasteiger charge is 2.39. The minimum atomic E-state index is -2.98. The standard InChI is InChI=1S/C22H15O2P/c23-25(18-10-2-1-3-11-18)21-13-7-6-12-19(21)24-20-14-16-8-4-5-9-17(16)15-22(20)25/h1-15H. The van der Waals surface area contributed by atoms with Gasteiger partial charge in [-0.1, -0.05) is 66.7 Å². The van der Waals surface area contributed by atoms with Gasteiger partial charge in [0.2, 0.25) is 0 Å². The van der Waals surface area contributed by atoms with Crippen LogP contribution in [-0.4, -0.2) is 0 Å². The fourth-order valence-electron chi connectivity index (χ4n) is 3.50. The molecule has 0 radical (unpaired) electrons. The SMILES string of the molecule is O=P1(c2ccccc2)c2ccccc2Oc2cc3ccccc3cc21. The molecule has 0 fully saturated rings. The Bertz CT molecular complexity index is 1150. The smallest absolute Gasteiger partial charge is 0.178 e. The van der Waals surface area contributed by atoms with Crippen molar-refractivity contribution in [2.24, 2.45) is 0 Å². The van der Waals surface area contributed by atoms with Gasteiger partial charge in [-0.15, -0.1) is 0 Å². The largest absolute Gasteiger partial charge is 0.456 e. The Morgan fingerprint density at radius 3 is 2.04 bits per heavy atom. The van der Waals surface area contributed by atoms with Crippen molar-refractivity contribution < 1.29 is 9.30 Å². The lowest BCUT2D eigenvalue weighted by Crippen LogP contribution is -2.30. The van der Waals surface area contributed by atoms with Crippen molar-refractivity contribution in [3.63, 3.8) is 0 Å². The van der Waals surface area contributed by atoms with Crippen molar-refractivity contribution in [3.05, 3.63) is 91.0 Å². The van der Waals surface area contributed by atoms with Crippen LogP contribution in [0.25, 0.3) is 10.8 Å². The molecule has 3 heteroatoms. The van der Waals surface area contributed by atoms with Crippen LogP contribution in [0.4, 0.5) is 0 Å². The summed E-state index contributed by atoms with van der Waals surface area (Å²) in [4.78, 5) is 0. The molecule has 0 aliphatic carbocycles. The minimum absolute atomic E-state index is 0.678. The minimum Gasteiger partial charge on any atom is -0.456 e. The zero-order chi connectivity index (χ0) is 16.9. The normalized spacial score (nSPS) is 18.2. The van der Waals surface area contributed by atoms with Gasteiger partial charge in [0.1, 0.15) is 11.5 Å². The van der Waals surface area contributed by atoms with Crippen LogP contribution in [0.15, 0.2) is 91.0 Å². The molecule has 2 nitrogen and oxygen atoms in total. The van der Waals surface area contributed by atoms with Crippen molar-refractivity contribution in [1.82, 2.24) is 0 Å². The van der Waals surface area contributed by atoms with Crippen LogP contribution in [0.5, 0.6) is 11.5 Å². The molecule has 1 aliphatic rings. The van der Waals surface area contributed by atoms with Crippen LogP contribution in [0, 0.1) is 0 Å². The van der Waals surface area contributed by atoms with Crippen LogP contribution < -0.4 is 20.7 Å². The van der Waals surface area contributed by atoms with Crippen LogP contribution in [0.2, 0.25) is 0 Å². The summed E-state index contributed by atoms with van der Waals surface area (Å²) in [6.45, 7) is 0. The Morgan fingerprint density at radius 1 is 0.600 bits per heavy atom. The van der Waals surface area contributed by atoms with E-state index in [0.717, 1.165) is 26.7 Å². The molecule has 1 unspecified atom stereocenters. The second-order valence-corrected chi connectivity index (χ2v) is 8.88. The van der Waals surface area contributed by atoms with Crippen molar-refractivity contribution in [1.29, 1.82) is 0 Å². The van der Waals surface area contributed by atoms with Gasteiger partial charge in [-0.3, -0.25) is 0 Å². The first-order chi connectivity index (χ1) is 12.3. The molecule has 0 saturated carbocycles. The first-order valence-corrected chi connectivity index (χ1v) is 9.94. The van der Waals surface area contributed by atoms with Gasteiger partial charge in [0.05, 0.1) is 10.6 Å². The van der Waals surface area contributed by atoms with E-state index in [-0.39, 0.29) is 0 Å². The number of ether oxygens (including phenoxy) is 1. The van der Waals surface area contributed by atoms with Crippen LogP contribution in [0.1, 0.15) is 0 Å². The molecular formula is C22H15O2P. The Morgan fingerprint density at radius 2 is 1.24 bits per heavy atom. The van der Waals surface area contributed by atoms with Crippen molar-refractivity contribution in [2.75, 3.05) is 0 Å². The van der Waals surface area contributed by atoms with E-state index < -0.39 is 7.14 Å². The lowest BCUT2D eigenvalue weighted by atomic mass is 10.1. The summed E-state index contributed by atoms with van der Waals surface area (Å²) in [6.07, 6.45) is 0. The molecule has 1 atom stereocenters. The number of fused-ring (bicyclic) bond motifs is 3. The summed E-state index contributed by atoms with van der Waals surface area (Å²) in [5, 5.41) is 4.53. The molecule has 1 aliphatic heterocycles. The van der Waals surface area contributed by atoms with Gasteiger partial charge >= 0.3 is 0 Å². The molecule has 120 valence electrons. The topological polar surface area (TPSA) is 26.3 Å². The molecule has 0 saturated heterocycles. The third-order valence-corrected chi connectivity index (χ3v) is 7.81. The van der Waals surface area contributed by atoms with E-state index >= 15 is 0 Å². The van der Waals surface area contributed by atoms with E-state index in [2.05, 4.69) is 0 Å². The van der Waals surface area contributed by atoms with Crippen LogP contribution in [0.3, 0.4) is 0 Å². The first kappa shape index (κ1) is 14.5. The highest BCUT2D eigenvalue weighted by atomic mass is 31.2. The molecule has 0 aromatic heterocycles. The van der Waals surface area contributed by atoms with Gasteiger partial charge < -0.3 is 9.30 Å². The van der Waals surface area contributed by atoms with E-state index in [1.165, 1.54) is 0 Å². The maximum atomic E-state index is 14.4. The van der Waals surface area contributed by atoms with Gasteiger partial charge in [-0.05, 0) is 35.0 Å². The van der Waals surface area contributed by atoms with Crippen LogP contribution >= 0.6 is 7.14 Å². The molecule has 0 bridgehead atoms. The first-order valence-electron chi connectivity index (χ1n) is 8.23. The second-order valence-electron chi connectivity index (χ2n) is 6.18. The lowest BCUT2D eigenvalue weighted by molar-refractivity contribution is 0.486. The summed E-state index contributed by atoms with van der Waals surface area (Å²) in [6, 6.07) is 29.5. The van der Waals surface area contributed by atoms with Gasteiger partial charge in [0.25, 0.3) is 0 Å². The van der Waals surface area contributed by atoms with E-state index in [0.29, 0.717) is 11.5 Å². The van der Waals surface area contributed by atoms with Crippen molar-refractivity contribution >= 4 is 33.8 Å². The van der Waals surface area contributed by atoms with Gasteiger partial charge in [0, 0.05) is 5.30 Å². The fourth-order valence-corrected chi connectivity index (χ4v) is 6.38. The second kappa shape index (κ2) is 5.34. The maximum Gasteiger partial charge on any atom is 0.178 e. The third-order valence-electron chi connectivity index (χ3n) is 4.71. The predicted molar refractivity (Wildman–Crippen MR) is 103 cm³/mol. The molecule has 0 amide bonds. The molecule has 4 aromatic rings. The fraction of sp³-hybridized carbons (Fsp3) is 0. The summed E-state index contributed by atoms with van der Waals surface area (Å²) in [5.41, 5.74) is 0. The van der Waals surface area contributed by atoms with Gasteiger partial charge in [-0.25, -0.2) is 0 Å². The molecular weight excluding hydrogens is 327 g/mol. The summed E-state index contributed by atoms with van der Waals surface area (Å²) < 4.78 is 20.6. The summed E-state index contributed by atoms with van der Waals surface area (Å²) in [7, 11) is -2.98. The van der Waals surface area contributed by atoms with Crippen molar-refractivity contribution in [3.8, 4) is 11.5 Å². The molecule has 1 heterocycles. The van der Waals surface area contributed by atoms with E-state index in [9.17, 15) is 4.57 Å². The highest BCUT2D eigenvalue weighted by Crippen LogP contribution is 2.51. The number of hydrogen-bond acceptors (Lipinski definition) is 2. The number of hydrogen-bond donors (Lipinski definition) is 0. The molecule has 0 spiro atoms. The molecule has 4 aromatic carbocycles. The maximum absolute atomic E-state index is 14.4. The molecule has 5 rings (SSSR count). The average Bonchev–Trinajstić information content (AvgIpc) is 2.68. The Balaban J connectivity index is 1.90. The zero-order valence-electron chi connectivity index (χ0n) is 13.4. The van der Waals surface area contributed by atoms with Crippen LogP contribution in [-0.2, 0) is 4.57 Å². The lowest BCUT2D eigenvalue weighted by Gasteiger charge is -2.29. The molecule has 25 heavy (non-hydrogen) atoms. The molecule has 0 N–H and O–H groups in total.